The van der Waals surface area contributed by atoms with E-state index in [9.17, 15) is 22.8 Å². The molecule has 0 atom stereocenters. The summed E-state index contributed by atoms with van der Waals surface area (Å²) in [5.41, 5.74) is 9.83. The number of rotatable bonds is 16. The molecule has 0 aliphatic carbocycles. The number of anilines is 1. The van der Waals surface area contributed by atoms with Crippen molar-refractivity contribution < 1.29 is 61.1 Å². The van der Waals surface area contributed by atoms with Gasteiger partial charge in [-0.05, 0) is 55.8 Å². The third kappa shape index (κ3) is 12.3. The van der Waals surface area contributed by atoms with Crippen molar-refractivity contribution in [3.63, 3.8) is 0 Å². The van der Waals surface area contributed by atoms with Gasteiger partial charge in [0.05, 0.1) is 83.3 Å². The minimum absolute atomic E-state index is 0.105. The lowest BCUT2D eigenvalue weighted by Crippen LogP contribution is -2.55. The summed E-state index contributed by atoms with van der Waals surface area (Å²) in [4.78, 5) is 37.8. The Labute approximate surface area is 359 Å². The van der Waals surface area contributed by atoms with Gasteiger partial charge in [0.25, 0.3) is 5.91 Å². The van der Waals surface area contributed by atoms with E-state index in [1.54, 1.807) is 34.9 Å². The maximum absolute atomic E-state index is 14.3. The molecule has 3 heterocycles. The van der Waals surface area contributed by atoms with Crippen LogP contribution >= 0.6 is 23.2 Å². The number of methoxy groups -OCH3 is 1. The van der Waals surface area contributed by atoms with Gasteiger partial charge >= 0.3 is 12.1 Å². The number of nitrogens with zero attached hydrogens (tertiary/aromatic N) is 3. The van der Waals surface area contributed by atoms with Crippen LogP contribution in [-0.4, -0.2) is 122 Å². The average Bonchev–Trinajstić information content (AvgIpc) is 3.61. The fourth-order valence-electron chi connectivity index (χ4n) is 6.43. The number of fused-ring (bicyclic) bond motifs is 3. The number of carbonyl (C=O) groups excluding carboxylic acids is 2. The number of ether oxygens (including phenoxy) is 6. The van der Waals surface area contributed by atoms with Crippen LogP contribution in [0.4, 0.5) is 18.9 Å². The summed E-state index contributed by atoms with van der Waals surface area (Å²) >= 11 is 12.9. The molecule has 15 nitrogen and oxygen atoms in total. The predicted molar refractivity (Wildman–Crippen MR) is 220 cm³/mol. The van der Waals surface area contributed by atoms with Gasteiger partial charge in [0, 0.05) is 51.6 Å². The second kappa shape index (κ2) is 21.2. The van der Waals surface area contributed by atoms with Crippen LogP contribution in [-0.2, 0) is 35.1 Å². The maximum atomic E-state index is 14.3. The molecule has 2 aliphatic heterocycles. The zero-order valence-corrected chi connectivity index (χ0v) is 35.1. The van der Waals surface area contributed by atoms with Gasteiger partial charge in [0.15, 0.2) is 5.69 Å². The first kappa shape index (κ1) is 47.1. The van der Waals surface area contributed by atoms with Crippen molar-refractivity contribution in [1.82, 2.24) is 14.7 Å². The molecule has 1 saturated heterocycles. The number of morpholine rings is 1. The summed E-state index contributed by atoms with van der Waals surface area (Å²) in [6, 6.07) is 16.4. The number of amides is 2. The summed E-state index contributed by atoms with van der Waals surface area (Å²) in [7, 11) is 1.59. The molecule has 0 radical (unpaired) electrons. The van der Waals surface area contributed by atoms with Crippen LogP contribution in [0.3, 0.4) is 0 Å². The van der Waals surface area contributed by atoms with Crippen molar-refractivity contribution >= 4 is 46.7 Å². The molecule has 61 heavy (non-hydrogen) atoms. The lowest BCUT2D eigenvalue weighted by atomic mass is 9.95. The Balaban J connectivity index is 0.000000925. The van der Waals surface area contributed by atoms with E-state index in [1.165, 1.54) is 0 Å². The highest BCUT2D eigenvalue weighted by Crippen LogP contribution is 2.47. The molecule has 1 fully saturated rings. The van der Waals surface area contributed by atoms with Crippen molar-refractivity contribution in [2.75, 3.05) is 78.4 Å². The van der Waals surface area contributed by atoms with Gasteiger partial charge in [0.1, 0.15) is 18.1 Å². The van der Waals surface area contributed by atoms with Crippen LogP contribution in [0.25, 0.3) is 28.1 Å². The number of hydrogen-bond donors (Lipinski definition) is 3. The van der Waals surface area contributed by atoms with E-state index in [0.29, 0.717) is 109 Å². The molecule has 0 unspecified atom stereocenters. The van der Waals surface area contributed by atoms with Crippen molar-refractivity contribution in [2.45, 2.75) is 38.6 Å². The van der Waals surface area contributed by atoms with Gasteiger partial charge in [0.2, 0.25) is 5.91 Å². The van der Waals surface area contributed by atoms with Gasteiger partial charge in [-0.15, -0.1) is 0 Å². The number of nitrogens with two attached hydrogens (primary N) is 1. The Morgan fingerprint density at radius 3 is 2.23 bits per heavy atom. The number of alkyl halides is 3. The Hall–Kier alpha value is -4.95. The molecule has 4 N–H and O–H groups in total. The number of benzene rings is 3. The normalized spacial score (nSPS) is 14.2. The van der Waals surface area contributed by atoms with Crippen LogP contribution in [0, 0.1) is 0 Å². The molecule has 3 aromatic carbocycles. The molecule has 6 rings (SSSR count). The van der Waals surface area contributed by atoms with E-state index in [0.717, 1.165) is 11.1 Å². The number of nitrogens with one attached hydrogen (secondary N) is 1. The standard InChI is InChI=1S/C39H45Cl2N5O8.C2HF3O2/c1-39(2)24-53-12-9-45(39)38(48)36-32-23-54-34-22-33(49-3)30(21-31(34)37(32)46(44-36)29-19-26(40)18-27(41)20-29)25-5-4-6-28(17-25)43-35(47)7-10-50-13-15-52-16-14-51-11-8-42;3-2(4,5)1(6)7/h4-6,17-22H,7-16,23-24,42H2,1-3H3,(H,43,47);(H,6,7). The van der Waals surface area contributed by atoms with E-state index >= 15 is 0 Å². The third-order valence-electron chi connectivity index (χ3n) is 9.28. The van der Waals surface area contributed by atoms with E-state index in [4.69, 9.17) is 72.4 Å². The lowest BCUT2D eigenvalue weighted by molar-refractivity contribution is -0.192. The quantitative estimate of drug-likeness (QED) is 0.102. The van der Waals surface area contributed by atoms with Crippen LogP contribution in [0.1, 0.15) is 36.3 Å². The summed E-state index contributed by atoms with van der Waals surface area (Å²) in [5, 5.41) is 15.8. The SMILES string of the molecule is COc1cc2c(cc1-c1cccc(NC(=O)CCOCCOCCOCCN)c1)-c1c(c(C(=O)N3CCOCC3(C)C)nn1-c1cc(Cl)cc(Cl)c1)CO2.O=C(O)C(F)(F)F. The van der Waals surface area contributed by atoms with E-state index in [1.807, 2.05) is 50.2 Å². The zero-order chi connectivity index (χ0) is 44.3. The number of aliphatic carboxylic acids is 1. The largest absolute Gasteiger partial charge is 0.496 e. The van der Waals surface area contributed by atoms with Crippen LogP contribution in [0.5, 0.6) is 11.5 Å². The predicted octanol–water partition coefficient (Wildman–Crippen LogP) is 6.64. The fourth-order valence-corrected chi connectivity index (χ4v) is 6.95. The maximum Gasteiger partial charge on any atom is 0.490 e. The zero-order valence-electron chi connectivity index (χ0n) is 33.6. The van der Waals surface area contributed by atoms with Crippen molar-refractivity contribution in [2.24, 2.45) is 5.73 Å². The molecule has 0 spiro atoms. The van der Waals surface area contributed by atoms with E-state index in [-0.39, 0.29) is 37.1 Å². The molecule has 330 valence electrons. The topological polar surface area (TPSA) is 186 Å². The van der Waals surface area contributed by atoms with Crippen LogP contribution < -0.4 is 20.5 Å². The van der Waals surface area contributed by atoms with Crippen LogP contribution in [0.15, 0.2) is 54.6 Å². The first-order chi connectivity index (χ1) is 29.0. The first-order valence-corrected chi connectivity index (χ1v) is 19.8. The Bertz CT molecular complexity index is 2170. The second-order valence-corrected chi connectivity index (χ2v) is 15.1. The van der Waals surface area contributed by atoms with Crippen molar-refractivity contribution in [1.29, 1.82) is 0 Å². The third-order valence-corrected chi connectivity index (χ3v) is 9.71. The second-order valence-electron chi connectivity index (χ2n) is 14.2. The highest BCUT2D eigenvalue weighted by atomic mass is 35.5. The molecule has 4 aromatic rings. The first-order valence-electron chi connectivity index (χ1n) is 19.0. The minimum Gasteiger partial charge on any atom is -0.496 e. The van der Waals surface area contributed by atoms with E-state index < -0.39 is 17.7 Å². The molecular weight excluding hydrogens is 850 g/mol. The highest BCUT2D eigenvalue weighted by Gasteiger charge is 2.40. The summed E-state index contributed by atoms with van der Waals surface area (Å²) in [6.45, 7) is 8.24. The van der Waals surface area contributed by atoms with Crippen LogP contribution in [0.2, 0.25) is 10.0 Å². The van der Waals surface area contributed by atoms with Crippen molar-refractivity contribution in [3.05, 3.63) is 75.9 Å². The number of hydrogen-bond acceptors (Lipinski definition) is 11. The summed E-state index contributed by atoms with van der Waals surface area (Å²) < 4.78 is 67.6. The van der Waals surface area contributed by atoms with Gasteiger partial charge in [-0.3, -0.25) is 9.59 Å². The molecule has 2 amide bonds. The number of carboxylic acid groups (broad SMARTS) is 1. The smallest absolute Gasteiger partial charge is 0.490 e. The summed E-state index contributed by atoms with van der Waals surface area (Å²) in [5.74, 6) is -2.06. The average molecular weight is 897 g/mol. The van der Waals surface area contributed by atoms with E-state index in [2.05, 4.69) is 5.32 Å². The number of carboxylic acids is 1. The molecular formula is C41H46Cl2F3N5O10. The number of carbonyl (C=O) groups is 3. The molecule has 1 aromatic heterocycles. The Morgan fingerprint density at radius 1 is 0.951 bits per heavy atom. The van der Waals surface area contributed by atoms with Gasteiger partial charge < -0.3 is 49.5 Å². The highest BCUT2D eigenvalue weighted by molar-refractivity contribution is 6.34. The van der Waals surface area contributed by atoms with Gasteiger partial charge in [-0.2, -0.15) is 18.3 Å². The minimum atomic E-state index is -5.08. The molecule has 0 bridgehead atoms. The monoisotopic (exact) mass is 895 g/mol. The Morgan fingerprint density at radius 2 is 1.61 bits per heavy atom. The fraction of sp³-hybridized carbons (Fsp3) is 0.415. The summed E-state index contributed by atoms with van der Waals surface area (Å²) in [6.07, 6.45) is -4.91. The lowest BCUT2D eigenvalue weighted by Gasteiger charge is -2.41. The number of aromatic nitrogens is 2. The molecule has 20 heteroatoms. The molecule has 2 aliphatic rings. The number of halogens is 5. The Kier molecular flexibility index (Phi) is 16.4. The molecule has 0 saturated carbocycles. The van der Waals surface area contributed by atoms with Crippen molar-refractivity contribution in [3.8, 4) is 39.6 Å². The van der Waals surface area contributed by atoms with Gasteiger partial charge in [-0.1, -0.05) is 35.3 Å². The van der Waals surface area contributed by atoms with Gasteiger partial charge in [-0.25, -0.2) is 9.48 Å².